The zero-order chi connectivity index (χ0) is 21.1. The monoisotopic (exact) mass is 415 g/mol. The molecule has 148 valence electrons. The normalized spacial score (nSPS) is 11.1. The molecule has 0 radical (unpaired) electrons. The molecule has 0 bridgehead atoms. The Bertz CT molecular complexity index is 1270. The Hall–Kier alpha value is -3.70. The smallest absolute Gasteiger partial charge is 0.255 e. The standard InChI is InChI=1S/C24H18ClN3O2/c1-15-4-2-5-18(14-15)26-24(30)17-11-8-16(9-12-17)10-13-21(29)23-27-20-7-3-6-19(25)22(20)28-23/h2-14H,1H3,(H,26,30)(H,27,28). The highest BCUT2D eigenvalue weighted by Crippen LogP contribution is 2.21. The van der Waals surface area contributed by atoms with Gasteiger partial charge in [-0.3, -0.25) is 9.59 Å². The summed E-state index contributed by atoms with van der Waals surface area (Å²) in [6.07, 6.45) is 3.12. The van der Waals surface area contributed by atoms with E-state index in [2.05, 4.69) is 15.3 Å². The number of halogens is 1. The summed E-state index contributed by atoms with van der Waals surface area (Å²) < 4.78 is 0. The first-order valence-electron chi connectivity index (χ1n) is 9.34. The van der Waals surface area contributed by atoms with Crippen LogP contribution in [0.3, 0.4) is 0 Å². The van der Waals surface area contributed by atoms with Crippen molar-refractivity contribution >= 4 is 46.1 Å². The van der Waals surface area contributed by atoms with Crippen LogP contribution in [0.25, 0.3) is 17.1 Å². The number of para-hydroxylation sites is 1. The Morgan fingerprint density at radius 1 is 1.03 bits per heavy atom. The number of aromatic nitrogens is 2. The lowest BCUT2D eigenvalue weighted by molar-refractivity contribution is 0.102. The van der Waals surface area contributed by atoms with Crippen molar-refractivity contribution in [2.45, 2.75) is 6.92 Å². The number of aryl methyl sites for hydroxylation is 1. The molecule has 0 unspecified atom stereocenters. The van der Waals surface area contributed by atoms with Gasteiger partial charge < -0.3 is 10.3 Å². The number of hydrogen-bond donors (Lipinski definition) is 2. The molecule has 0 saturated heterocycles. The van der Waals surface area contributed by atoms with E-state index >= 15 is 0 Å². The quantitative estimate of drug-likeness (QED) is 0.325. The second-order valence-corrected chi connectivity index (χ2v) is 7.27. The molecule has 0 fully saturated rings. The van der Waals surface area contributed by atoms with E-state index in [0.717, 1.165) is 16.8 Å². The Labute approximate surface area is 178 Å². The van der Waals surface area contributed by atoms with Crippen molar-refractivity contribution in [3.63, 3.8) is 0 Å². The van der Waals surface area contributed by atoms with E-state index in [1.807, 2.05) is 31.2 Å². The van der Waals surface area contributed by atoms with Gasteiger partial charge in [-0.25, -0.2) is 4.98 Å². The number of hydrogen-bond acceptors (Lipinski definition) is 3. The molecular formula is C24H18ClN3O2. The van der Waals surface area contributed by atoms with E-state index in [1.165, 1.54) is 6.08 Å². The van der Waals surface area contributed by atoms with Gasteiger partial charge in [0.05, 0.1) is 16.1 Å². The van der Waals surface area contributed by atoms with Crippen LogP contribution in [-0.4, -0.2) is 21.7 Å². The molecule has 0 saturated carbocycles. The van der Waals surface area contributed by atoms with Gasteiger partial charge in [-0.05, 0) is 60.5 Å². The summed E-state index contributed by atoms with van der Waals surface area (Å²) >= 11 is 6.11. The molecule has 0 aliphatic carbocycles. The van der Waals surface area contributed by atoms with Crippen LogP contribution in [0.5, 0.6) is 0 Å². The van der Waals surface area contributed by atoms with Crippen LogP contribution in [0.2, 0.25) is 5.02 Å². The van der Waals surface area contributed by atoms with E-state index in [-0.39, 0.29) is 17.5 Å². The van der Waals surface area contributed by atoms with Gasteiger partial charge in [0.1, 0.15) is 0 Å². The van der Waals surface area contributed by atoms with E-state index in [0.29, 0.717) is 21.6 Å². The van der Waals surface area contributed by atoms with Crippen LogP contribution >= 0.6 is 11.6 Å². The Balaban J connectivity index is 1.44. The van der Waals surface area contributed by atoms with Gasteiger partial charge >= 0.3 is 0 Å². The molecule has 0 atom stereocenters. The lowest BCUT2D eigenvalue weighted by Crippen LogP contribution is -2.11. The lowest BCUT2D eigenvalue weighted by Gasteiger charge is -2.06. The van der Waals surface area contributed by atoms with Gasteiger partial charge in [-0.1, -0.05) is 48.0 Å². The van der Waals surface area contributed by atoms with Crippen LogP contribution in [0.15, 0.2) is 72.8 Å². The largest absolute Gasteiger partial charge is 0.334 e. The number of amides is 1. The first-order valence-corrected chi connectivity index (χ1v) is 9.72. The van der Waals surface area contributed by atoms with Gasteiger partial charge in [0.2, 0.25) is 5.78 Å². The molecule has 4 aromatic rings. The predicted octanol–water partition coefficient (Wildman–Crippen LogP) is 5.67. The van der Waals surface area contributed by atoms with Crippen LogP contribution in [0.4, 0.5) is 5.69 Å². The number of aromatic amines is 1. The molecule has 6 heteroatoms. The molecule has 5 nitrogen and oxygen atoms in total. The number of imidazole rings is 1. The summed E-state index contributed by atoms with van der Waals surface area (Å²) in [5, 5.41) is 3.39. The number of ketones is 1. The van der Waals surface area contributed by atoms with Crippen LogP contribution in [0.1, 0.15) is 32.1 Å². The van der Waals surface area contributed by atoms with Crippen molar-refractivity contribution in [1.82, 2.24) is 9.97 Å². The van der Waals surface area contributed by atoms with Crippen LogP contribution < -0.4 is 5.32 Å². The van der Waals surface area contributed by atoms with Crippen molar-refractivity contribution in [3.05, 3.63) is 100 Å². The summed E-state index contributed by atoms with van der Waals surface area (Å²) in [5.74, 6) is -0.224. The van der Waals surface area contributed by atoms with E-state index in [4.69, 9.17) is 11.6 Å². The van der Waals surface area contributed by atoms with E-state index < -0.39 is 0 Å². The minimum absolute atomic E-state index is 0.189. The van der Waals surface area contributed by atoms with Crippen molar-refractivity contribution in [1.29, 1.82) is 0 Å². The number of anilines is 1. The fraction of sp³-hybridized carbons (Fsp3) is 0.0417. The number of fused-ring (bicyclic) bond motifs is 1. The molecular weight excluding hydrogens is 398 g/mol. The number of allylic oxidation sites excluding steroid dienone is 1. The molecule has 1 amide bonds. The molecule has 0 aliphatic rings. The molecule has 3 aromatic carbocycles. The second-order valence-electron chi connectivity index (χ2n) is 6.86. The molecule has 0 spiro atoms. The maximum atomic E-state index is 12.4. The highest BCUT2D eigenvalue weighted by atomic mass is 35.5. The minimum Gasteiger partial charge on any atom is -0.334 e. The summed E-state index contributed by atoms with van der Waals surface area (Å²) in [7, 11) is 0. The van der Waals surface area contributed by atoms with Gasteiger partial charge in [0.25, 0.3) is 5.91 Å². The molecule has 4 rings (SSSR count). The van der Waals surface area contributed by atoms with Crippen molar-refractivity contribution < 1.29 is 9.59 Å². The number of carbonyl (C=O) groups excluding carboxylic acids is 2. The van der Waals surface area contributed by atoms with E-state index in [1.54, 1.807) is 48.5 Å². The Morgan fingerprint density at radius 2 is 1.80 bits per heavy atom. The molecule has 2 N–H and O–H groups in total. The van der Waals surface area contributed by atoms with E-state index in [9.17, 15) is 9.59 Å². The number of nitrogens with zero attached hydrogens (tertiary/aromatic N) is 1. The Kier molecular flexibility index (Phi) is 5.46. The SMILES string of the molecule is Cc1cccc(NC(=O)c2ccc(C=CC(=O)c3nc4cccc(Cl)c4[nH]3)cc2)c1. The van der Waals surface area contributed by atoms with Crippen molar-refractivity contribution in [2.75, 3.05) is 5.32 Å². The summed E-state index contributed by atoms with van der Waals surface area (Å²) in [6.45, 7) is 1.97. The Morgan fingerprint density at radius 3 is 2.53 bits per heavy atom. The topological polar surface area (TPSA) is 74.8 Å². The maximum absolute atomic E-state index is 12.4. The highest BCUT2D eigenvalue weighted by molar-refractivity contribution is 6.35. The zero-order valence-corrected chi connectivity index (χ0v) is 16.9. The first-order chi connectivity index (χ1) is 14.5. The number of rotatable bonds is 5. The number of H-pyrrole nitrogens is 1. The molecule has 1 heterocycles. The molecule has 30 heavy (non-hydrogen) atoms. The number of nitrogens with one attached hydrogen (secondary N) is 2. The minimum atomic E-state index is -0.261. The van der Waals surface area contributed by atoms with Gasteiger partial charge in [-0.2, -0.15) is 0 Å². The van der Waals surface area contributed by atoms with Crippen molar-refractivity contribution in [2.24, 2.45) is 0 Å². The van der Waals surface area contributed by atoms with Gasteiger partial charge in [0.15, 0.2) is 5.82 Å². The zero-order valence-electron chi connectivity index (χ0n) is 16.1. The third-order valence-corrected chi connectivity index (χ3v) is 4.89. The van der Waals surface area contributed by atoms with Crippen LogP contribution in [-0.2, 0) is 0 Å². The molecule has 0 aliphatic heterocycles. The number of benzene rings is 3. The first kappa shape index (κ1) is 19.6. The fourth-order valence-electron chi connectivity index (χ4n) is 3.04. The lowest BCUT2D eigenvalue weighted by atomic mass is 10.1. The molecule has 1 aromatic heterocycles. The average molecular weight is 416 g/mol. The summed E-state index contributed by atoms with van der Waals surface area (Å²) in [5.41, 5.74) is 4.44. The van der Waals surface area contributed by atoms with Crippen LogP contribution in [0, 0.1) is 6.92 Å². The second kappa shape index (κ2) is 8.35. The maximum Gasteiger partial charge on any atom is 0.255 e. The predicted molar refractivity (Wildman–Crippen MR) is 120 cm³/mol. The third-order valence-electron chi connectivity index (χ3n) is 4.58. The summed E-state index contributed by atoms with van der Waals surface area (Å²) in [4.78, 5) is 32.0. The average Bonchev–Trinajstić information content (AvgIpc) is 3.18. The number of carbonyl (C=O) groups is 2. The van der Waals surface area contributed by atoms with Crippen molar-refractivity contribution in [3.8, 4) is 0 Å². The van der Waals surface area contributed by atoms with Gasteiger partial charge in [0, 0.05) is 11.3 Å². The fourth-order valence-corrected chi connectivity index (χ4v) is 3.25. The van der Waals surface area contributed by atoms with Gasteiger partial charge in [-0.15, -0.1) is 0 Å². The summed E-state index contributed by atoms with van der Waals surface area (Å²) in [6, 6.07) is 19.9. The highest BCUT2D eigenvalue weighted by Gasteiger charge is 2.11. The third kappa shape index (κ3) is 4.31.